The number of methoxy groups -OCH3 is 1. The number of carbonyl (C=O) groups is 2. The minimum Gasteiger partial charge on any atom is -0.453 e. The molecular weight excluding hydrogens is 266 g/mol. The maximum Gasteiger partial charge on any atom is 0.412 e. The Hall–Kier alpha value is -2.32. The number of rotatable bonds is 3. The number of hydrogen-bond donors (Lipinski definition) is 3. The molecule has 2 rings (SSSR count). The van der Waals surface area contributed by atoms with Crippen LogP contribution in [0.5, 0.6) is 0 Å². The van der Waals surface area contributed by atoms with Gasteiger partial charge >= 0.3 is 12.2 Å². The van der Waals surface area contributed by atoms with Crippen LogP contribution in [0.25, 0.3) is 0 Å². The van der Waals surface area contributed by atoms with Crippen LogP contribution in [0.1, 0.15) is 0 Å². The highest BCUT2D eigenvalue weighted by Gasteiger charge is 2.19. The highest BCUT2D eigenvalue weighted by atomic mass is 16.7. The lowest BCUT2D eigenvalue weighted by Gasteiger charge is -2.11. The SMILES string of the molecule is COC(=O)Nc1cccc(NC(=O)O[C@H]2CNOC2)c1. The molecule has 0 unspecified atom stereocenters. The molecule has 1 aromatic rings. The fraction of sp³-hybridized carbons (Fsp3) is 0.333. The number of hydroxylamine groups is 1. The Balaban J connectivity index is 1.89. The zero-order valence-corrected chi connectivity index (χ0v) is 10.8. The van der Waals surface area contributed by atoms with Crippen LogP contribution in [-0.2, 0) is 14.3 Å². The quantitative estimate of drug-likeness (QED) is 0.773. The summed E-state index contributed by atoms with van der Waals surface area (Å²) in [5.74, 6) is 0. The van der Waals surface area contributed by atoms with Crippen molar-refractivity contribution in [3.8, 4) is 0 Å². The molecule has 1 aliphatic rings. The van der Waals surface area contributed by atoms with Gasteiger partial charge in [-0.25, -0.2) is 9.59 Å². The van der Waals surface area contributed by atoms with Gasteiger partial charge in [0.05, 0.1) is 13.7 Å². The number of nitrogens with one attached hydrogen (secondary N) is 3. The number of carbonyl (C=O) groups excluding carboxylic acids is 2. The van der Waals surface area contributed by atoms with Crippen LogP contribution in [-0.4, -0.2) is 38.6 Å². The first-order valence-corrected chi connectivity index (χ1v) is 5.94. The first-order chi connectivity index (χ1) is 9.67. The van der Waals surface area contributed by atoms with E-state index in [0.29, 0.717) is 24.5 Å². The van der Waals surface area contributed by atoms with Crippen LogP contribution < -0.4 is 16.1 Å². The lowest BCUT2D eigenvalue weighted by molar-refractivity contribution is 0.0692. The van der Waals surface area contributed by atoms with E-state index in [-0.39, 0.29) is 6.10 Å². The zero-order chi connectivity index (χ0) is 14.4. The number of ether oxygens (including phenoxy) is 2. The maximum atomic E-state index is 11.6. The van der Waals surface area contributed by atoms with Crippen molar-refractivity contribution < 1.29 is 23.9 Å². The Bertz CT molecular complexity index is 488. The molecule has 1 aromatic carbocycles. The van der Waals surface area contributed by atoms with Crippen LogP contribution in [0.4, 0.5) is 21.0 Å². The van der Waals surface area contributed by atoms with E-state index in [9.17, 15) is 9.59 Å². The molecule has 0 bridgehead atoms. The van der Waals surface area contributed by atoms with Gasteiger partial charge in [0.1, 0.15) is 12.7 Å². The maximum absolute atomic E-state index is 11.6. The van der Waals surface area contributed by atoms with Gasteiger partial charge in [0.25, 0.3) is 0 Å². The van der Waals surface area contributed by atoms with Crippen LogP contribution in [0, 0.1) is 0 Å². The third-order valence-corrected chi connectivity index (χ3v) is 2.50. The summed E-state index contributed by atoms with van der Waals surface area (Å²) in [5, 5.41) is 5.06. The Morgan fingerprint density at radius 1 is 1.30 bits per heavy atom. The summed E-state index contributed by atoms with van der Waals surface area (Å²) in [6, 6.07) is 6.61. The predicted octanol–water partition coefficient (Wildman–Crippen LogP) is 1.32. The molecule has 1 heterocycles. The normalized spacial score (nSPS) is 17.4. The van der Waals surface area contributed by atoms with Gasteiger partial charge in [-0.2, -0.15) is 5.48 Å². The highest BCUT2D eigenvalue weighted by Crippen LogP contribution is 2.15. The van der Waals surface area contributed by atoms with Gasteiger partial charge in [0.2, 0.25) is 0 Å². The fourth-order valence-electron chi connectivity index (χ4n) is 1.58. The predicted molar refractivity (Wildman–Crippen MR) is 70.3 cm³/mol. The van der Waals surface area contributed by atoms with Crippen molar-refractivity contribution in [3.05, 3.63) is 24.3 Å². The second kappa shape index (κ2) is 6.73. The van der Waals surface area contributed by atoms with Crippen molar-refractivity contribution in [3.63, 3.8) is 0 Å². The largest absolute Gasteiger partial charge is 0.453 e. The molecule has 1 aliphatic heterocycles. The molecular formula is C12H15N3O5. The minimum atomic E-state index is -0.586. The molecule has 0 saturated carbocycles. The average molecular weight is 281 g/mol. The topological polar surface area (TPSA) is 97.9 Å². The first kappa shape index (κ1) is 14.1. The van der Waals surface area contributed by atoms with Gasteiger partial charge in [-0.3, -0.25) is 15.5 Å². The van der Waals surface area contributed by atoms with Gasteiger partial charge in [-0.05, 0) is 18.2 Å². The Kier molecular flexibility index (Phi) is 4.75. The molecule has 1 saturated heterocycles. The molecule has 2 amide bonds. The third-order valence-electron chi connectivity index (χ3n) is 2.50. The van der Waals surface area contributed by atoms with E-state index in [2.05, 4.69) is 20.9 Å². The smallest absolute Gasteiger partial charge is 0.412 e. The molecule has 8 nitrogen and oxygen atoms in total. The van der Waals surface area contributed by atoms with Gasteiger partial charge in [-0.15, -0.1) is 0 Å². The van der Waals surface area contributed by atoms with E-state index in [1.165, 1.54) is 7.11 Å². The number of hydrogen-bond acceptors (Lipinski definition) is 6. The fourth-order valence-corrected chi connectivity index (χ4v) is 1.58. The van der Waals surface area contributed by atoms with Crippen LogP contribution in [0.3, 0.4) is 0 Å². The van der Waals surface area contributed by atoms with Crippen molar-refractivity contribution in [2.24, 2.45) is 0 Å². The average Bonchev–Trinajstić information content (AvgIpc) is 2.91. The van der Waals surface area contributed by atoms with Crippen molar-refractivity contribution in [1.29, 1.82) is 0 Å². The van der Waals surface area contributed by atoms with Crippen LogP contribution >= 0.6 is 0 Å². The van der Waals surface area contributed by atoms with Crippen molar-refractivity contribution in [1.82, 2.24) is 5.48 Å². The molecule has 0 aliphatic carbocycles. The van der Waals surface area contributed by atoms with Gasteiger partial charge in [-0.1, -0.05) is 6.07 Å². The summed E-state index contributed by atoms with van der Waals surface area (Å²) >= 11 is 0. The molecule has 0 spiro atoms. The lowest BCUT2D eigenvalue weighted by Crippen LogP contribution is -2.25. The van der Waals surface area contributed by atoms with Crippen LogP contribution in [0.2, 0.25) is 0 Å². The molecule has 1 atom stereocenters. The molecule has 1 fully saturated rings. The Morgan fingerprint density at radius 3 is 2.60 bits per heavy atom. The summed E-state index contributed by atoms with van der Waals surface area (Å²) in [5.41, 5.74) is 3.61. The molecule has 3 N–H and O–H groups in total. The Labute approximate surface area is 115 Å². The monoisotopic (exact) mass is 281 g/mol. The second-order valence-electron chi connectivity index (χ2n) is 4.01. The number of anilines is 2. The Morgan fingerprint density at radius 2 is 2.00 bits per heavy atom. The van der Waals surface area contributed by atoms with Gasteiger partial charge in [0.15, 0.2) is 0 Å². The van der Waals surface area contributed by atoms with Crippen molar-refractivity contribution in [2.75, 3.05) is 30.9 Å². The minimum absolute atomic E-state index is 0.314. The summed E-state index contributed by atoms with van der Waals surface area (Å²) in [4.78, 5) is 27.6. The number of benzene rings is 1. The lowest BCUT2D eigenvalue weighted by atomic mass is 10.3. The van der Waals surface area contributed by atoms with Crippen molar-refractivity contribution in [2.45, 2.75) is 6.10 Å². The van der Waals surface area contributed by atoms with E-state index >= 15 is 0 Å². The summed E-state index contributed by atoms with van der Waals surface area (Å²) < 4.78 is 9.59. The second-order valence-corrected chi connectivity index (χ2v) is 4.01. The molecule has 0 radical (unpaired) electrons. The number of amides is 2. The molecule has 8 heteroatoms. The van der Waals surface area contributed by atoms with E-state index in [1.54, 1.807) is 24.3 Å². The molecule has 20 heavy (non-hydrogen) atoms. The van der Waals surface area contributed by atoms with Gasteiger partial charge < -0.3 is 9.47 Å². The molecule has 0 aromatic heterocycles. The molecule has 108 valence electrons. The highest BCUT2D eigenvalue weighted by molar-refractivity contribution is 5.88. The summed E-state index contributed by atoms with van der Waals surface area (Å²) in [6.07, 6.45) is -1.48. The zero-order valence-electron chi connectivity index (χ0n) is 10.8. The van der Waals surface area contributed by atoms with E-state index < -0.39 is 12.2 Å². The summed E-state index contributed by atoms with van der Waals surface area (Å²) in [6.45, 7) is 0.773. The first-order valence-electron chi connectivity index (χ1n) is 5.94. The third kappa shape index (κ3) is 4.11. The summed E-state index contributed by atoms with van der Waals surface area (Å²) in [7, 11) is 1.27. The standard InChI is InChI=1S/C12H15N3O5/c1-18-11(16)14-8-3-2-4-9(5-8)15-12(17)20-10-6-13-19-7-10/h2-5,10,13H,6-7H2,1H3,(H,14,16)(H,15,17)/t10-/m0/s1. The van der Waals surface area contributed by atoms with E-state index in [1.807, 2.05) is 0 Å². The van der Waals surface area contributed by atoms with Gasteiger partial charge in [0, 0.05) is 11.4 Å². The van der Waals surface area contributed by atoms with Crippen molar-refractivity contribution >= 4 is 23.6 Å². The van der Waals surface area contributed by atoms with E-state index in [4.69, 9.17) is 9.57 Å². The van der Waals surface area contributed by atoms with E-state index in [0.717, 1.165) is 0 Å². The van der Waals surface area contributed by atoms with Crippen LogP contribution in [0.15, 0.2) is 24.3 Å².